The van der Waals surface area contributed by atoms with Crippen molar-refractivity contribution in [1.82, 2.24) is 14.9 Å². The number of hydrogen-bond acceptors (Lipinski definition) is 2. The van der Waals surface area contributed by atoms with Gasteiger partial charge in [-0.1, -0.05) is 11.6 Å². The molecule has 1 aliphatic rings. The Bertz CT molecular complexity index is 355. The van der Waals surface area contributed by atoms with Crippen molar-refractivity contribution in [2.75, 3.05) is 0 Å². The highest BCUT2D eigenvalue weighted by atomic mass is 35.5. The Morgan fingerprint density at radius 3 is 2.57 bits per heavy atom. The van der Waals surface area contributed by atoms with Crippen LogP contribution in [-0.2, 0) is 13.6 Å². The Labute approximate surface area is 93.4 Å². The monoisotopic (exact) mass is 233 g/mol. The fourth-order valence-electron chi connectivity index (χ4n) is 1.32. The first-order valence-corrected chi connectivity index (χ1v) is 5.39. The van der Waals surface area contributed by atoms with Gasteiger partial charge in [-0.05, 0) is 31.4 Å². The molecule has 2 rings (SSSR count). The SMILES string of the molecule is Cn1c(Cl)nc(Cl)c1CNC1(C)CC1. The maximum absolute atomic E-state index is 5.94. The molecule has 1 aliphatic carbocycles. The summed E-state index contributed by atoms with van der Waals surface area (Å²) < 4.78 is 1.81. The van der Waals surface area contributed by atoms with Gasteiger partial charge in [0.15, 0.2) is 5.15 Å². The predicted molar refractivity (Wildman–Crippen MR) is 57.7 cm³/mol. The first-order chi connectivity index (χ1) is 6.52. The van der Waals surface area contributed by atoms with E-state index in [1.54, 1.807) is 0 Å². The summed E-state index contributed by atoms with van der Waals surface area (Å²) in [7, 11) is 1.87. The van der Waals surface area contributed by atoms with Gasteiger partial charge in [0.2, 0.25) is 5.28 Å². The summed E-state index contributed by atoms with van der Waals surface area (Å²) in [5, 5.41) is 4.37. The van der Waals surface area contributed by atoms with Crippen LogP contribution in [0.3, 0.4) is 0 Å². The number of nitrogens with one attached hydrogen (secondary N) is 1. The Kier molecular flexibility index (Phi) is 2.50. The molecule has 14 heavy (non-hydrogen) atoms. The highest BCUT2D eigenvalue weighted by Gasteiger charge is 2.36. The summed E-state index contributed by atoms with van der Waals surface area (Å²) in [5.41, 5.74) is 1.25. The van der Waals surface area contributed by atoms with Gasteiger partial charge in [-0.15, -0.1) is 0 Å². The molecule has 1 aromatic heterocycles. The summed E-state index contributed by atoms with van der Waals surface area (Å²) in [4.78, 5) is 3.99. The van der Waals surface area contributed by atoms with Gasteiger partial charge >= 0.3 is 0 Å². The van der Waals surface area contributed by atoms with E-state index in [1.807, 2.05) is 11.6 Å². The van der Waals surface area contributed by atoms with Crippen molar-refractivity contribution in [3.63, 3.8) is 0 Å². The number of imidazole rings is 1. The predicted octanol–water partition coefficient (Wildman–Crippen LogP) is 2.37. The molecule has 1 aromatic rings. The molecule has 1 saturated carbocycles. The van der Waals surface area contributed by atoms with Gasteiger partial charge < -0.3 is 9.88 Å². The van der Waals surface area contributed by atoms with Crippen molar-refractivity contribution >= 4 is 23.2 Å². The largest absolute Gasteiger partial charge is 0.319 e. The van der Waals surface area contributed by atoms with Gasteiger partial charge in [-0.25, -0.2) is 4.98 Å². The van der Waals surface area contributed by atoms with Gasteiger partial charge in [0.05, 0.1) is 5.69 Å². The van der Waals surface area contributed by atoms with Crippen molar-refractivity contribution in [1.29, 1.82) is 0 Å². The minimum absolute atomic E-state index is 0.306. The van der Waals surface area contributed by atoms with E-state index in [9.17, 15) is 0 Å². The molecule has 0 amide bonds. The third-order valence-corrected chi connectivity index (χ3v) is 3.43. The molecule has 1 fully saturated rings. The average molecular weight is 234 g/mol. The van der Waals surface area contributed by atoms with Gasteiger partial charge in [0, 0.05) is 19.1 Å². The lowest BCUT2D eigenvalue weighted by Gasteiger charge is -2.11. The van der Waals surface area contributed by atoms with Crippen molar-refractivity contribution < 1.29 is 0 Å². The van der Waals surface area contributed by atoms with Crippen LogP contribution < -0.4 is 5.32 Å². The first-order valence-electron chi connectivity index (χ1n) is 4.63. The Morgan fingerprint density at radius 1 is 1.50 bits per heavy atom. The lowest BCUT2D eigenvalue weighted by molar-refractivity contribution is 0.524. The van der Waals surface area contributed by atoms with Gasteiger partial charge in [-0.3, -0.25) is 0 Å². The average Bonchev–Trinajstić information content (AvgIpc) is 2.78. The second kappa shape index (κ2) is 3.40. The minimum atomic E-state index is 0.306. The smallest absolute Gasteiger partial charge is 0.204 e. The van der Waals surface area contributed by atoms with E-state index in [1.165, 1.54) is 12.8 Å². The Hall–Kier alpha value is -0.250. The molecule has 0 saturated heterocycles. The normalized spacial score (nSPS) is 18.6. The first kappa shape index (κ1) is 10.3. The second-order valence-corrected chi connectivity index (χ2v) is 4.79. The quantitative estimate of drug-likeness (QED) is 0.870. The maximum atomic E-state index is 5.94. The van der Waals surface area contributed by atoms with E-state index in [0.717, 1.165) is 12.2 Å². The van der Waals surface area contributed by atoms with Crippen LogP contribution in [-0.4, -0.2) is 15.1 Å². The van der Waals surface area contributed by atoms with Crippen molar-refractivity contribution in [3.05, 3.63) is 16.1 Å². The third-order valence-electron chi connectivity index (χ3n) is 2.79. The number of rotatable bonds is 3. The zero-order valence-electron chi connectivity index (χ0n) is 8.27. The number of hydrogen-bond donors (Lipinski definition) is 1. The van der Waals surface area contributed by atoms with Crippen molar-refractivity contribution in [2.45, 2.75) is 31.8 Å². The number of halogens is 2. The molecule has 1 heterocycles. The molecule has 3 nitrogen and oxygen atoms in total. The van der Waals surface area contributed by atoms with Crippen molar-refractivity contribution in [2.24, 2.45) is 7.05 Å². The lowest BCUT2D eigenvalue weighted by atomic mass is 10.3. The van der Waals surface area contributed by atoms with Crippen LogP contribution in [0.5, 0.6) is 0 Å². The molecule has 0 aliphatic heterocycles. The van der Waals surface area contributed by atoms with Crippen LogP contribution in [0.15, 0.2) is 0 Å². The zero-order valence-corrected chi connectivity index (χ0v) is 9.78. The standard InChI is InChI=1S/C9H13Cl2N3/c1-9(3-4-9)12-5-6-7(10)13-8(11)14(6)2/h12H,3-5H2,1-2H3. The second-order valence-electron chi connectivity index (χ2n) is 4.09. The topological polar surface area (TPSA) is 29.9 Å². The maximum Gasteiger partial charge on any atom is 0.204 e. The summed E-state index contributed by atoms with van der Waals surface area (Å²) in [5.74, 6) is 0. The van der Waals surface area contributed by atoms with Crippen LogP contribution in [0, 0.1) is 0 Å². The third kappa shape index (κ3) is 1.90. The minimum Gasteiger partial charge on any atom is -0.319 e. The van der Waals surface area contributed by atoms with E-state index < -0.39 is 0 Å². The van der Waals surface area contributed by atoms with Crippen LogP contribution in [0.4, 0.5) is 0 Å². The molecular weight excluding hydrogens is 221 g/mol. The van der Waals surface area contributed by atoms with Gasteiger partial charge in [0.25, 0.3) is 0 Å². The van der Waals surface area contributed by atoms with Crippen LogP contribution in [0.1, 0.15) is 25.5 Å². The molecular formula is C9H13Cl2N3. The zero-order chi connectivity index (χ0) is 10.3. The van der Waals surface area contributed by atoms with Gasteiger partial charge in [0.1, 0.15) is 0 Å². The highest BCUT2D eigenvalue weighted by molar-refractivity contribution is 6.32. The summed E-state index contributed by atoms with van der Waals surface area (Å²) >= 11 is 11.8. The molecule has 0 unspecified atom stereocenters. The fourth-order valence-corrected chi connectivity index (χ4v) is 1.83. The van der Waals surface area contributed by atoms with Crippen LogP contribution >= 0.6 is 23.2 Å². The molecule has 0 aromatic carbocycles. The van der Waals surface area contributed by atoms with Crippen LogP contribution in [0.25, 0.3) is 0 Å². The van der Waals surface area contributed by atoms with Crippen molar-refractivity contribution in [3.8, 4) is 0 Å². The number of nitrogens with zero attached hydrogens (tertiary/aromatic N) is 2. The lowest BCUT2D eigenvalue weighted by Crippen LogP contribution is -2.28. The summed E-state index contributed by atoms with van der Waals surface area (Å²) in [6.07, 6.45) is 2.46. The molecule has 5 heteroatoms. The number of aromatic nitrogens is 2. The van der Waals surface area contributed by atoms with Gasteiger partial charge in [-0.2, -0.15) is 0 Å². The van der Waals surface area contributed by atoms with E-state index in [2.05, 4.69) is 17.2 Å². The molecule has 1 N–H and O–H groups in total. The van der Waals surface area contributed by atoms with Crippen LogP contribution in [0.2, 0.25) is 10.4 Å². The van der Waals surface area contributed by atoms with E-state index in [0.29, 0.717) is 16.0 Å². The Morgan fingerprint density at radius 2 is 2.14 bits per heavy atom. The van der Waals surface area contributed by atoms with E-state index in [-0.39, 0.29) is 0 Å². The van der Waals surface area contributed by atoms with E-state index in [4.69, 9.17) is 23.2 Å². The summed E-state index contributed by atoms with van der Waals surface area (Å²) in [6, 6.07) is 0. The molecule has 0 radical (unpaired) electrons. The molecule has 0 spiro atoms. The highest BCUT2D eigenvalue weighted by Crippen LogP contribution is 2.35. The fraction of sp³-hybridized carbons (Fsp3) is 0.667. The molecule has 78 valence electrons. The molecule has 0 atom stereocenters. The Balaban J connectivity index is 2.08. The summed E-state index contributed by atoms with van der Waals surface area (Å²) in [6.45, 7) is 2.93. The molecule has 0 bridgehead atoms. The van der Waals surface area contributed by atoms with E-state index >= 15 is 0 Å².